The summed E-state index contributed by atoms with van der Waals surface area (Å²) < 4.78 is 4.97. The summed E-state index contributed by atoms with van der Waals surface area (Å²) in [6, 6.07) is 17.4. The van der Waals surface area contributed by atoms with Crippen LogP contribution in [0.3, 0.4) is 0 Å². The first-order chi connectivity index (χ1) is 14.0. The van der Waals surface area contributed by atoms with Crippen LogP contribution < -0.4 is 5.32 Å². The lowest BCUT2D eigenvalue weighted by atomic mass is 9.96. The number of nitrogens with one attached hydrogen (secondary N) is 1. The fourth-order valence-corrected chi connectivity index (χ4v) is 3.12. The minimum atomic E-state index is -0.441. The molecule has 0 spiro atoms. The molecule has 0 saturated heterocycles. The number of esters is 1. The molecular formula is C24H26N2O3. The van der Waals surface area contributed by atoms with Crippen LogP contribution in [0.2, 0.25) is 0 Å². The predicted octanol–water partition coefficient (Wildman–Crippen LogP) is 4.52. The highest BCUT2D eigenvalue weighted by Gasteiger charge is 2.18. The lowest BCUT2D eigenvalue weighted by molar-refractivity contribution is -0.136. The molecule has 5 heteroatoms. The van der Waals surface area contributed by atoms with Gasteiger partial charge >= 0.3 is 5.97 Å². The van der Waals surface area contributed by atoms with Crippen LogP contribution in [0.1, 0.15) is 44.2 Å². The average molecular weight is 390 g/mol. The zero-order valence-corrected chi connectivity index (χ0v) is 17.1. The molecule has 0 atom stereocenters. The minimum Gasteiger partial charge on any atom is -0.466 e. The Labute approximate surface area is 172 Å². The molecule has 0 radical (unpaired) electrons. The van der Waals surface area contributed by atoms with Gasteiger partial charge in [-0.3, -0.25) is 4.79 Å². The summed E-state index contributed by atoms with van der Waals surface area (Å²) in [6.07, 6.45) is 2.77. The molecule has 0 aromatic heterocycles. The van der Waals surface area contributed by atoms with Crippen molar-refractivity contribution in [1.82, 2.24) is 5.32 Å². The van der Waals surface area contributed by atoms with E-state index in [1.807, 2.05) is 42.5 Å². The minimum absolute atomic E-state index is 0.207. The largest absolute Gasteiger partial charge is 0.466 e. The van der Waals surface area contributed by atoms with Crippen LogP contribution in [-0.2, 0) is 20.7 Å². The molecule has 1 amide bonds. The van der Waals surface area contributed by atoms with E-state index in [-0.39, 0.29) is 5.91 Å². The zero-order valence-electron chi connectivity index (χ0n) is 17.1. The second kappa shape index (κ2) is 10.8. The Bertz CT molecular complexity index is 937. The smallest absolute Gasteiger partial charge is 0.335 e. The van der Waals surface area contributed by atoms with E-state index in [2.05, 4.69) is 18.3 Å². The van der Waals surface area contributed by atoms with E-state index in [4.69, 9.17) is 4.74 Å². The second-order valence-electron chi connectivity index (χ2n) is 6.76. The molecule has 150 valence electrons. The van der Waals surface area contributed by atoms with Crippen molar-refractivity contribution in [2.45, 2.75) is 39.5 Å². The van der Waals surface area contributed by atoms with E-state index in [0.29, 0.717) is 29.7 Å². The number of hydrogen-bond acceptors (Lipinski definition) is 4. The number of allylic oxidation sites excluding steroid dienone is 1. The third-order valence-corrected chi connectivity index (χ3v) is 4.60. The van der Waals surface area contributed by atoms with E-state index >= 15 is 0 Å². The van der Waals surface area contributed by atoms with Gasteiger partial charge in [0.1, 0.15) is 0 Å². The van der Waals surface area contributed by atoms with Gasteiger partial charge in [0.15, 0.2) is 0 Å². The molecule has 2 aromatic rings. The molecule has 0 aliphatic heterocycles. The number of carbonyl (C=O) groups excluding carboxylic acids is 2. The normalized spacial score (nSPS) is 11.2. The van der Waals surface area contributed by atoms with Gasteiger partial charge in [-0.2, -0.15) is 5.26 Å². The van der Waals surface area contributed by atoms with Gasteiger partial charge in [0.25, 0.3) is 0 Å². The third kappa shape index (κ3) is 6.05. The van der Waals surface area contributed by atoms with Crippen molar-refractivity contribution >= 4 is 11.9 Å². The number of ether oxygens (including phenoxy) is 1. The highest BCUT2D eigenvalue weighted by Crippen LogP contribution is 2.25. The number of methoxy groups -OCH3 is 1. The van der Waals surface area contributed by atoms with Crippen molar-refractivity contribution in [3.05, 3.63) is 70.9 Å². The lowest BCUT2D eigenvalue weighted by Crippen LogP contribution is -2.24. The van der Waals surface area contributed by atoms with Crippen molar-refractivity contribution in [1.29, 1.82) is 5.26 Å². The highest BCUT2D eigenvalue weighted by atomic mass is 16.5. The van der Waals surface area contributed by atoms with Gasteiger partial charge in [-0.25, -0.2) is 4.79 Å². The Morgan fingerprint density at radius 2 is 1.79 bits per heavy atom. The number of hydrogen-bond donors (Lipinski definition) is 1. The maximum atomic E-state index is 12.4. The van der Waals surface area contributed by atoms with Gasteiger partial charge in [0.2, 0.25) is 5.91 Å². The Morgan fingerprint density at radius 3 is 2.38 bits per heavy atom. The number of rotatable bonds is 8. The summed E-state index contributed by atoms with van der Waals surface area (Å²) in [5.41, 5.74) is 4.41. The highest BCUT2D eigenvalue weighted by molar-refractivity contribution is 5.91. The third-order valence-electron chi connectivity index (χ3n) is 4.60. The molecule has 2 rings (SSSR count). The summed E-state index contributed by atoms with van der Waals surface area (Å²) in [6.45, 7) is 3.49. The Balaban J connectivity index is 2.36. The molecule has 0 unspecified atom stereocenters. The van der Waals surface area contributed by atoms with Crippen LogP contribution in [0, 0.1) is 11.3 Å². The van der Waals surface area contributed by atoms with Gasteiger partial charge in [-0.15, -0.1) is 0 Å². The number of benzene rings is 2. The van der Waals surface area contributed by atoms with Gasteiger partial charge in [-0.05, 0) is 35.6 Å². The molecule has 0 aliphatic rings. The van der Waals surface area contributed by atoms with E-state index in [9.17, 15) is 14.9 Å². The Kier molecular flexibility index (Phi) is 8.17. The number of amides is 1. The SMILES string of the molecule is CCCC/C(NC(C)=O)=C(\Cc1ccc(-c2ccccc2C#N)cc1)C(=O)OC. The van der Waals surface area contributed by atoms with Gasteiger partial charge in [-0.1, -0.05) is 55.8 Å². The summed E-state index contributed by atoms with van der Waals surface area (Å²) in [7, 11) is 1.34. The number of nitriles is 1. The Hall–Kier alpha value is -3.39. The van der Waals surface area contributed by atoms with Crippen LogP contribution in [0.25, 0.3) is 11.1 Å². The molecule has 2 aromatic carbocycles. The molecule has 0 heterocycles. The molecular weight excluding hydrogens is 364 g/mol. The molecule has 29 heavy (non-hydrogen) atoms. The molecule has 0 saturated carbocycles. The van der Waals surface area contributed by atoms with Crippen molar-refractivity contribution < 1.29 is 14.3 Å². The topological polar surface area (TPSA) is 79.2 Å². The van der Waals surface area contributed by atoms with E-state index in [1.54, 1.807) is 6.07 Å². The van der Waals surface area contributed by atoms with Crippen molar-refractivity contribution in [2.24, 2.45) is 0 Å². The summed E-state index contributed by atoms with van der Waals surface area (Å²) in [5, 5.41) is 12.1. The average Bonchev–Trinajstić information content (AvgIpc) is 2.74. The number of nitrogens with zero attached hydrogens (tertiary/aromatic N) is 1. The van der Waals surface area contributed by atoms with E-state index < -0.39 is 5.97 Å². The van der Waals surface area contributed by atoms with Crippen molar-refractivity contribution in [3.63, 3.8) is 0 Å². The van der Waals surface area contributed by atoms with Gasteiger partial charge in [0, 0.05) is 19.0 Å². The molecule has 0 fully saturated rings. The maximum absolute atomic E-state index is 12.4. The fraction of sp³-hybridized carbons (Fsp3) is 0.292. The standard InChI is InChI=1S/C24H26N2O3/c1-4-5-10-23(26-17(2)27)22(24(28)29-3)15-18-11-13-19(14-12-18)21-9-7-6-8-20(21)16-25/h6-9,11-14H,4-5,10,15H2,1-3H3,(H,26,27)/b23-22-. The summed E-state index contributed by atoms with van der Waals surface area (Å²) in [4.78, 5) is 24.0. The lowest BCUT2D eigenvalue weighted by Gasteiger charge is -2.15. The second-order valence-corrected chi connectivity index (χ2v) is 6.76. The molecule has 1 N–H and O–H groups in total. The van der Waals surface area contributed by atoms with E-state index in [0.717, 1.165) is 29.5 Å². The first-order valence-electron chi connectivity index (χ1n) is 9.66. The van der Waals surface area contributed by atoms with Crippen molar-refractivity contribution in [2.75, 3.05) is 7.11 Å². The van der Waals surface area contributed by atoms with Crippen LogP contribution in [0.15, 0.2) is 59.8 Å². The Morgan fingerprint density at radius 1 is 1.10 bits per heavy atom. The van der Waals surface area contributed by atoms with Crippen LogP contribution >= 0.6 is 0 Å². The molecule has 0 aliphatic carbocycles. The monoisotopic (exact) mass is 390 g/mol. The summed E-state index contributed by atoms with van der Waals surface area (Å²) in [5.74, 6) is -0.648. The van der Waals surface area contributed by atoms with Gasteiger partial charge in [0.05, 0.1) is 24.3 Å². The van der Waals surface area contributed by atoms with Crippen molar-refractivity contribution in [3.8, 4) is 17.2 Å². The van der Waals surface area contributed by atoms with Crippen LogP contribution in [-0.4, -0.2) is 19.0 Å². The number of carbonyl (C=O) groups is 2. The predicted molar refractivity (Wildman–Crippen MR) is 113 cm³/mol. The molecule has 0 bridgehead atoms. The van der Waals surface area contributed by atoms with E-state index in [1.165, 1.54) is 14.0 Å². The maximum Gasteiger partial charge on any atom is 0.335 e. The summed E-state index contributed by atoms with van der Waals surface area (Å²) >= 11 is 0. The van der Waals surface area contributed by atoms with Gasteiger partial charge < -0.3 is 10.1 Å². The quantitative estimate of drug-likeness (QED) is 0.531. The molecule has 5 nitrogen and oxygen atoms in total. The fourth-order valence-electron chi connectivity index (χ4n) is 3.12. The first kappa shape index (κ1) is 21.9. The zero-order chi connectivity index (χ0) is 21.2. The first-order valence-corrected chi connectivity index (χ1v) is 9.66. The van der Waals surface area contributed by atoms with Crippen LogP contribution in [0.4, 0.5) is 0 Å². The van der Waals surface area contributed by atoms with Crippen LogP contribution in [0.5, 0.6) is 0 Å². The number of unbranched alkanes of at least 4 members (excludes halogenated alkanes) is 1.